The van der Waals surface area contributed by atoms with Gasteiger partial charge in [0.15, 0.2) is 11.4 Å². The van der Waals surface area contributed by atoms with Gasteiger partial charge in [-0.2, -0.15) is 0 Å². The molecule has 0 aromatic heterocycles. The minimum Gasteiger partial charge on any atom is -0.497 e. The molecule has 3 rings (SSSR count). The van der Waals surface area contributed by atoms with Crippen LogP contribution in [0.25, 0.3) is 0 Å². The SMILES string of the molecule is C=CCN1C(=O)C(O)(CC(=O)c2cccc(OC)c2)c2ccccc21. The van der Waals surface area contributed by atoms with Crippen LogP contribution in [0.1, 0.15) is 22.3 Å². The number of Topliss-reactive ketones (excluding diaryl/α,β-unsaturated/α-hetero) is 1. The van der Waals surface area contributed by atoms with Gasteiger partial charge in [0.05, 0.1) is 19.2 Å². The lowest BCUT2D eigenvalue weighted by molar-refractivity contribution is -0.135. The van der Waals surface area contributed by atoms with E-state index < -0.39 is 11.5 Å². The second kappa shape index (κ2) is 6.53. The Bertz CT molecular complexity index is 845. The number of amides is 1. The van der Waals surface area contributed by atoms with Crippen molar-refractivity contribution in [3.8, 4) is 5.75 Å². The standard InChI is InChI=1S/C20H19NO4/c1-3-11-21-17-10-5-4-9-16(17)20(24,19(21)23)13-18(22)14-7-6-8-15(12-14)25-2/h3-10,12,24H,1,11,13H2,2H3. The maximum Gasteiger partial charge on any atom is 0.264 e. The van der Waals surface area contributed by atoms with E-state index in [1.54, 1.807) is 54.6 Å². The van der Waals surface area contributed by atoms with E-state index in [-0.39, 0.29) is 18.7 Å². The molecule has 0 fully saturated rings. The zero-order valence-electron chi connectivity index (χ0n) is 13.9. The molecule has 1 atom stereocenters. The van der Waals surface area contributed by atoms with Crippen LogP contribution in [-0.4, -0.2) is 30.5 Å². The molecule has 1 N–H and O–H groups in total. The number of para-hydroxylation sites is 1. The predicted molar refractivity (Wildman–Crippen MR) is 94.8 cm³/mol. The summed E-state index contributed by atoms with van der Waals surface area (Å²) in [6.07, 6.45) is 1.26. The van der Waals surface area contributed by atoms with Crippen LogP contribution < -0.4 is 9.64 Å². The Balaban J connectivity index is 1.96. The number of benzene rings is 2. The maximum absolute atomic E-state index is 12.8. The van der Waals surface area contributed by atoms with Crippen LogP contribution in [0.15, 0.2) is 61.2 Å². The van der Waals surface area contributed by atoms with Crippen LogP contribution in [-0.2, 0) is 10.4 Å². The first kappa shape index (κ1) is 16.9. The zero-order chi connectivity index (χ0) is 18.0. The quantitative estimate of drug-likeness (QED) is 0.650. The number of hydrogen-bond donors (Lipinski definition) is 1. The van der Waals surface area contributed by atoms with Crippen molar-refractivity contribution in [2.75, 3.05) is 18.6 Å². The van der Waals surface area contributed by atoms with Gasteiger partial charge in [-0.3, -0.25) is 9.59 Å². The third-order valence-electron chi connectivity index (χ3n) is 4.36. The van der Waals surface area contributed by atoms with Crippen LogP contribution in [0.3, 0.4) is 0 Å². The summed E-state index contributed by atoms with van der Waals surface area (Å²) in [5, 5.41) is 11.1. The number of ketones is 1. The van der Waals surface area contributed by atoms with Gasteiger partial charge in [0.25, 0.3) is 5.91 Å². The van der Waals surface area contributed by atoms with Gasteiger partial charge in [0.1, 0.15) is 5.75 Å². The Morgan fingerprint density at radius 3 is 2.76 bits per heavy atom. The molecule has 0 saturated heterocycles. The molecule has 0 saturated carbocycles. The third-order valence-corrected chi connectivity index (χ3v) is 4.36. The highest BCUT2D eigenvalue weighted by molar-refractivity contribution is 6.10. The minimum atomic E-state index is -1.88. The molecule has 0 bridgehead atoms. The fourth-order valence-corrected chi connectivity index (χ4v) is 3.12. The summed E-state index contributed by atoms with van der Waals surface area (Å²) in [7, 11) is 1.51. The van der Waals surface area contributed by atoms with Crippen molar-refractivity contribution >= 4 is 17.4 Å². The Labute approximate surface area is 146 Å². The van der Waals surface area contributed by atoms with Crippen molar-refractivity contribution in [1.29, 1.82) is 0 Å². The molecule has 1 aliphatic heterocycles. The molecule has 5 nitrogen and oxygen atoms in total. The molecule has 0 spiro atoms. The maximum atomic E-state index is 12.8. The highest BCUT2D eigenvalue weighted by atomic mass is 16.5. The first-order chi connectivity index (χ1) is 12.0. The van der Waals surface area contributed by atoms with Crippen LogP contribution in [0.4, 0.5) is 5.69 Å². The molecule has 1 heterocycles. The van der Waals surface area contributed by atoms with E-state index in [1.165, 1.54) is 12.0 Å². The monoisotopic (exact) mass is 337 g/mol. The second-order valence-corrected chi connectivity index (χ2v) is 5.91. The summed E-state index contributed by atoms with van der Waals surface area (Å²) in [4.78, 5) is 26.9. The smallest absolute Gasteiger partial charge is 0.264 e. The van der Waals surface area contributed by atoms with E-state index in [0.29, 0.717) is 22.6 Å². The van der Waals surface area contributed by atoms with E-state index in [1.807, 2.05) is 0 Å². The van der Waals surface area contributed by atoms with Gasteiger partial charge >= 0.3 is 0 Å². The van der Waals surface area contributed by atoms with Crippen molar-refractivity contribution in [2.45, 2.75) is 12.0 Å². The van der Waals surface area contributed by atoms with Crippen LogP contribution in [0.2, 0.25) is 0 Å². The molecular formula is C20H19NO4. The molecule has 1 aliphatic rings. The molecular weight excluding hydrogens is 318 g/mol. The highest BCUT2D eigenvalue weighted by Gasteiger charge is 2.50. The number of anilines is 1. The molecule has 1 unspecified atom stereocenters. The number of fused-ring (bicyclic) bond motifs is 1. The predicted octanol–water partition coefficient (Wildman–Crippen LogP) is 2.69. The molecule has 5 heteroatoms. The molecule has 25 heavy (non-hydrogen) atoms. The van der Waals surface area contributed by atoms with Gasteiger partial charge in [-0.25, -0.2) is 0 Å². The Kier molecular flexibility index (Phi) is 4.42. The van der Waals surface area contributed by atoms with Gasteiger partial charge in [-0.15, -0.1) is 6.58 Å². The summed E-state index contributed by atoms with van der Waals surface area (Å²) in [5.41, 5.74) is -0.439. The first-order valence-electron chi connectivity index (χ1n) is 7.93. The summed E-state index contributed by atoms with van der Waals surface area (Å²) in [5.74, 6) is -0.292. The average molecular weight is 337 g/mol. The highest BCUT2D eigenvalue weighted by Crippen LogP contribution is 2.42. The summed E-state index contributed by atoms with van der Waals surface area (Å²) in [6, 6.07) is 13.6. The number of carbonyl (C=O) groups is 2. The van der Waals surface area contributed by atoms with Crippen LogP contribution in [0, 0.1) is 0 Å². The number of ether oxygens (including phenoxy) is 1. The van der Waals surface area contributed by atoms with Gasteiger partial charge in [-0.05, 0) is 18.2 Å². The average Bonchev–Trinajstić information content (AvgIpc) is 2.84. The van der Waals surface area contributed by atoms with Crippen LogP contribution in [0.5, 0.6) is 5.75 Å². The van der Waals surface area contributed by atoms with E-state index in [4.69, 9.17) is 4.74 Å². The van der Waals surface area contributed by atoms with Crippen molar-refractivity contribution in [3.05, 3.63) is 72.3 Å². The van der Waals surface area contributed by atoms with Crippen LogP contribution >= 0.6 is 0 Å². The molecule has 0 aliphatic carbocycles. The fourth-order valence-electron chi connectivity index (χ4n) is 3.12. The fraction of sp³-hybridized carbons (Fsp3) is 0.200. The van der Waals surface area contributed by atoms with Crippen molar-refractivity contribution in [3.63, 3.8) is 0 Å². The van der Waals surface area contributed by atoms with Gasteiger partial charge in [0, 0.05) is 17.7 Å². The topological polar surface area (TPSA) is 66.8 Å². The molecule has 1 amide bonds. The molecule has 0 radical (unpaired) electrons. The summed E-state index contributed by atoms with van der Waals surface area (Å²) in [6.45, 7) is 3.92. The first-order valence-corrected chi connectivity index (χ1v) is 7.93. The number of hydrogen-bond acceptors (Lipinski definition) is 4. The lowest BCUT2D eigenvalue weighted by Gasteiger charge is -2.22. The molecule has 2 aromatic carbocycles. The number of aliphatic hydroxyl groups is 1. The van der Waals surface area contributed by atoms with Crippen molar-refractivity contribution in [1.82, 2.24) is 0 Å². The molecule has 128 valence electrons. The Morgan fingerprint density at radius 1 is 1.28 bits per heavy atom. The minimum absolute atomic E-state index is 0.269. The van der Waals surface area contributed by atoms with E-state index in [9.17, 15) is 14.7 Å². The van der Waals surface area contributed by atoms with E-state index >= 15 is 0 Å². The third kappa shape index (κ3) is 2.83. The normalized spacial score (nSPS) is 18.8. The molecule has 2 aromatic rings. The van der Waals surface area contributed by atoms with Gasteiger partial charge in [-0.1, -0.05) is 36.4 Å². The number of nitrogens with zero attached hydrogens (tertiary/aromatic N) is 1. The van der Waals surface area contributed by atoms with Gasteiger partial charge in [0.2, 0.25) is 0 Å². The van der Waals surface area contributed by atoms with Crippen molar-refractivity contribution < 1.29 is 19.4 Å². The number of rotatable bonds is 6. The van der Waals surface area contributed by atoms with Crippen molar-refractivity contribution in [2.24, 2.45) is 0 Å². The zero-order valence-corrected chi connectivity index (χ0v) is 13.9. The number of methoxy groups -OCH3 is 1. The summed E-state index contributed by atoms with van der Waals surface area (Å²) < 4.78 is 5.13. The van der Waals surface area contributed by atoms with E-state index in [2.05, 4.69) is 6.58 Å². The van der Waals surface area contributed by atoms with Gasteiger partial charge < -0.3 is 14.7 Å². The Morgan fingerprint density at radius 2 is 2.04 bits per heavy atom. The largest absolute Gasteiger partial charge is 0.497 e. The Hall–Kier alpha value is -2.92. The number of carbonyl (C=O) groups excluding carboxylic acids is 2. The lowest BCUT2D eigenvalue weighted by Crippen LogP contribution is -2.41. The second-order valence-electron chi connectivity index (χ2n) is 5.91. The summed E-state index contributed by atoms with van der Waals surface area (Å²) >= 11 is 0. The lowest BCUT2D eigenvalue weighted by atomic mass is 9.88. The van der Waals surface area contributed by atoms with E-state index in [0.717, 1.165) is 0 Å².